The van der Waals surface area contributed by atoms with Crippen LogP contribution in [0.1, 0.15) is 10.4 Å². The number of nitrogens with zero attached hydrogens (tertiary/aromatic N) is 2. The summed E-state index contributed by atoms with van der Waals surface area (Å²) < 4.78 is 30.5. The predicted octanol–water partition coefficient (Wildman–Crippen LogP) is 4.92. The van der Waals surface area contributed by atoms with Gasteiger partial charge in [0.1, 0.15) is 5.75 Å². The van der Waals surface area contributed by atoms with Crippen molar-refractivity contribution in [2.45, 2.75) is 6.61 Å². The summed E-state index contributed by atoms with van der Waals surface area (Å²) in [5.41, 5.74) is 2.76. The fourth-order valence-electron chi connectivity index (χ4n) is 2.58. The first-order valence-corrected chi connectivity index (χ1v) is 8.85. The minimum Gasteiger partial charge on any atom is -0.435 e. The molecule has 0 unspecified atom stereocenters. The number of hydrogen-bond donors (Lipinski definition) is 1. The number of rotatable bonds is 5. The summed E-state index contributed by atoms with van der Waals surface area (Å²) in [6.45, 7) is -2.89. The molecule has 0 bridgehead atoms. The highest BCUT2D eigenvalue weighted by Gasteiger charge is 2.09. The summed E-state index contributed by atoms with van der Waals surface area (Å²) in [7, 11) is 0. The van der Waals surface area contributed by atoms with E-state index in [1.54, 1.807) is 23.5 Å². The van der Waals surface area contributed by atoms with Crippen molar-refractivity contribution in [1.29, 1.82) is 0 Å². The maximum Gasteiger partial charge on any atom is 0.387 e. The van der Waals surface area contributed by atoms with Crippen LogP contribution in [0.25, 0.3) is 16.2 Å². The zero-order chi connectivity index (χ0) is 18.8. The van der Waals surface area contributed by atoms with Gasteiger partial charge < -0.3 is 10.1 Å². The van der Waals surface area contributed by atoms with Crippen molar-refractivity contribution in [3.8, 4) is 17.0 Å². The van der Waals surface area contributed by atoms with Crippen LogP contribution < -0.4 is 10.1 Å². The maximum absolute atomic E-state index is 12.3. The fourth-order valence-corrected chi connectivity index (χ4v) is 3.28. The molecule has 5 nitrogen and oxygen atoms in total. The molecule has 1 amide bonds. The van der Waals surface area contributed by atoms with Crippen LogP contribution in [0, 0.1) is 0 Å². The quantitative estimate of drug-likeness (QED) is 0.531. The Hall–Kier alpha value is -3.26. The van der Waals surface area contributed by atoms with Crippen LogP contribution in [-0.2, 0) is 0 Å². The number of amides is 1. The third-order valence-corrected chi connectivity index (χ3v) is 4.64. The second-order valence-corrected chi connectivity index (χ2v) is 6.53. The Morgan fingerprint density at radius 3 is 2.52 bits per heavy atom. The van der Waals surface area contributed by atoms with E-state index in [4.69, 9.17) is 0 Å². The molecule has 0 spiro atoms. The standard InChI is InChI=1S/C19H13F2N3O2S/c20-18(21)26-15-7-3-13(4-8-15)17(25)22-14-5-1-12(2-6-14)16-11-24-9-10-27-19(24)23-16/h1-11,18H,(H,22,25). The summed E-state index contributed by atoms with van der Waals surface area (Å²) in [4.78, 5) is 17.7. The van der Waals surface area contributed by atoms with Gasteiger partial charge in [0, 0.05) is 34.6 Å². The van der Waals surface area contributed by atoms with Crippen molar-refractivity contribution >= 4 is 27.9 Å². The van der Waals surface area contributed by atoms with E-state index in [0.717, 1.165) is 16.2 Å². The first-order valence-electron chi connectivity index (χ1n) is 7.97. The number of carbonyl (C=O) groups excluding carboxylic acids is 1. The Kier molecular flexibility index (Phi) is 4.55. The highest BCUT2D eigenvalue weighted by atomic mass is 32.1. The second-order valence-electron chi connectivity index (χ2n) is 5.65. The number of aromatic nitrogens is 2. The lowest BCUT2D eigenvalue weighted by Gasteiger charge is -2.07. The van der Waals surface area contributed by atoms with Crippen LogP contribution in [0.15, 0.2) is 66.3 Å². The number of imidazole rings is 1. The maximum atomic E-state index is 12.3. The van der Waals surface area contributed by atoms with Crippen molar-refractivity contribution in [1.82, 2.24) is 9.38 Å². The molecule has 0 atom stereocenters. The zero-order valence-electron chi connectivity index (χ0n) is 13.8. The molecule has 27 heavy (non-hydrogen) atoms. The number of halogens is 2. The number of alkyl halides is 2. The summed E-state index contributed by atoms with van der Waals surface area (Å²) in [5.74, 6) is -0.334. The van der Waals surface area contributed by atoms with Gasteiger partial charge in [-0.3, -0.25) is 9.20 Å². The lowest BCUT2D eigenvalue weighted by atomic mass is 10.1. The van der Waals surface area contributed by atoms with Gasteiger partial charge in [-0.25, -0.2) is 4.98 Å². The number of carbonyl (C=O) groups is 1. The fraction of sp³-hybridized carbons (Fsp3) is 0.0526. The van der Waals surface area contributed by atoms with Crippen LogP contribution in [0.4, 0.5) is 14.5 Å². The number of fused-ring (bicyclic) bond motifs is 1. The molecule has 8 heteroatoms. The summed E-state index contributed by atoms with van der Waals surface area (Å²) in [6, 6.07) is 12.8. The molecule has 1 N–H and O–H groups in total. The third-order valence-electron chi connectivity index (χ3n) is 3.87. The molecular formula is C19H13F2N3O2S. The van der Waals surface area contributed by atoms with Gasteiger partial charge >= 0.3 is 6.61 Å². The van der Waals surface area contributed by atoms with Crippen LogP contribution >= 0.6 is 11.3 Å². The molecule has 2 heterocycles. The third kappa shape index (κ3) is 3.80. The lowest BCUT2D eigenvalue weighted by Crippen LogP contribution is -2.11. The number of anilines is 1. The summed E-state index contributed by atoms with van der Waals surface area (Å²) in [6.07, 6.45) is 3.89. The number of nitrogens with one attached hydrogen (secondary N) is 1. The molecule has 4 rings (SSSR count). The number of hydrogen-bond acceptors (Lipinski definition) is 4. The van der Waals surface area contributed by atoms with Gasteiger partial charge in [0.2, 0.25) is 0 Å². The molecule has 0 aliphatic heterocycles. The molecule has 0 saturated carbocycles. The molecule has 2 aromatic heterocycles. The minimum absolute atomic E-state index is 0.00544. The Balaban J connectivity index is 1.44. The molecule has 0 aliphatic rings. The van der Waals surface area contributed by atoms with E-state index in [1.807, 2.05) is 34.3 Å². The van der Waals surface area contributed by atoms with E-state index in [0.29, 0.717) is 11.3 Å². The van der Waals surface area contributed by atoms with E-state index in [2.05, 4.69) is 15.0 Å². The Morgan fingerprint density at radius 1 is 1.11 bits per heavy atom. The first kappa shape index (κ1) is 17.2. The predicted molar refractivity (Wildman–Crippen MR) is 99.5 cm³/mol. The largest absolute Gasteiger partial charge is 0.435 e. The molecule has 4 aromatic rings. The summed E-state index contributed by atoms with van der Waals surface area (Å²) >= 11 is 1.56. The van der Waals surface area contributed by atoms with Gasteiger partial charge in [-0.15, -0.1) is 11.3 Å². The highest BCUT2D eigenvalue weighted by Crippen LogP contribution is 2.23. The van der Waals surface area contributed by atoms with Crippen molar-refractivity contribution in [3.63, 3.8) is 0 Å². The van der Waals surface area contributed by atoms with Gasteiger partial charge in [0.25, 0.3) is 5.91 Å². The van der Waals surface area contributed by atoms with E-state index >= 15 is 0 Å². The second kappa shape index (κ2) is 7.16. The molecule has 0 aliphatic carbocycles. The average molecular weight is 385 g/mol. The monoisotopic (exact) mass is 385 g/mol. The van der Waals surface area contributed by atoms with Crippen LogP contribution in [0.3, 0.4) is 0 Å². The van der Waals surface area contributed by atoms with Gasteiger partial charge in [-0.1, -0.05) is 12.1 Å². The Morgan fingerprint density at radius 2 is 1.85 bits per heavy atom. The number of ether oxygens (including phenoxy) is 1. The zero-order valence-corrected chi connectivity index (χ0v) is 14.6. The van der Waals surface area contributed by atoms with Crippen molar-refractivity contribution in [2.75, 3.05) is 5.32 Å². The van der Waals surface area contributed by atoms with E-state index < -0.39 is 6.61 Å². The normalized spacial score (nSPS) is 11.1. The molecule has 0 fully saturated rings. The van der Waals surface area contributed by atoms with E-state index in [1.165, 1.54) is 24.3 Å². The van der Waals surface area contributed by atoms with Gasteiger partial charge in [-0.05, 0) is 36.4 Å². The van der Waals surface area contributed by atoms with E-state index in [9.17, 15) is 13.6 Å². The molecule has 0 radical (unpaired) electrons. The first-order chi connectivity index (χ1) is 13.1. The molecule has 0 saturated heterocycles. The van der Waals surface area contributed by atoms with Crippen LogP contribution in [0.2, 0.25) is 0 Å². The minimum atomic E-state index is -2.89. The van der Waals surface area contributed by atoms with Gasteiger partial charge in [0.05, 0.1) is 5.69 Å². The Bertz CT molecular complexity index is 1040. The smallest absolute Gasteiger partial charge is 0.387 e. The van der Waals surface area contributed by atoms with Crippen molar-refractivity contribution < 1.29 is 18.3 Å². The Labute approximate surface area is 156 Å². The lowest BCUT2D eigenvalue weighted by molar-refractivity contribution is -0.0498. The van der Waals surface area contributed by atoms with Gasteiger partial charge in [-0.2, -0.15) is 8.78 Å². The summed E-state index contributed by atoms with van der Waals surface area (Å²) in [5, 5.41) is 4.74. The average Bonchev–Trinajstić information content (AvgIpc) is 3.24. The number of thiazole rings is 1. The SMILES string of the molecule is O=C(Nc1ccc(-c2cn3ccsc3n2)cc1)c1ccc(OC(F)F)cc1. The number of benzene rings is 2. The van der Waals surface area contributed by atoms with E-state index in [-0.39, 0.29) is 11.7 Å². The van der Waals surface area contributed by atoms with Crippen LogP contribution in [-0.4, -0.2) is 21.9 Å². The van der Waals surface area contributed by atoms with Gasteiger partial charge in [0.15, 0.2) is 4.96 Å². The van der Waals surface area contributed by atoms with Crippen LogP contribution in [0.5, 0.6) is 5.75 Å². The van der Waals surface area contributed by atoms with Crippen molar-refractivity contribution in [2.24, 2.45) is 0 Å². The molecular weight excluding hydrogens is 372 g/mol. The van der Waals surface area contributed by atoms with Crippen molar-refractivity contribution in [3.05, 3.63) is 71.9 Å². The topological polar surface area (TPSA) is 55.6 Å². The molecule has 136 valence electrons. The highest BCUT2D eigenvalue weighted by molar-refractivity contribution is 7.15. The molecule has 2 aromatic carbocycles.